The third-order valence-electron chi connectivity index (χ3n) is 4.49. The zero-order valence-corrected chi connectivity index (χ0v) is 13.3. The average molecular weight is 325 g/mol. The van der Waals surface area contributed by atoms with Gasteiger partial charge < -0.3 is 10.1 Å². The van der Waals surface area contributed by atoms with Crippen molar-refractivity contribution in [1.29, 1.82) is 0 Å². The third kappa shape index (κ3) is 4.74. The maximum atomic E-state index is 13.0. The second-order valence-corrected chi connectivity index (χ2v) is 6.18. The van der Waals surface area contributed by atoms with Crippen LogP contribution in [0.2, 0.25) is 0 Å². The Morgan fingerprint density at radius 3 is 2.48 bits per heavy atom. The highest BCUT2D eigenvalue weighted by Crippen LogP contribution is 2.29. The molecule has 2 rings (SSSR count). The molecule has 0 aliphatic heterocycles. The van der Waals surface area contributed by atoms with Crippen LogP contribution < -0.4 is 5.32 Å². The van der Waals surface area contributed by atoms with Crippen LogP contribution in [0.15, 0.2) is 18.2 Å². The Morgan fingerprint density at radius 2 is 1.83 bits per heavy atom. The molecule has 126 valence electrons. The first kappa shape index (κ1) is 17.4. The Hall–Kier alpha value is -1.98. The van der Waals surface area contributed by atoms with Crippen LogP contribution in [-0.4, -0.2) is 24.5 Å². The standard InChI is InChI=1S/C17H21F2NO3/c1-10-4-3-5-15(11(10)2)20-16(21)9-23-17(22)12-6-13(18)8-14(19)7-12/h6-8,10-11,15H,3-5,9H2,1-2H3,(H,20,21). The van der Waals surface area contributed by atoms with Crippen molar-refractivity contribution in [2.24, 2.45) is 11.8 Å². The SMILES string of the molecule is CC1CCCC(NC(=O)COC(=O)c2cc(F)cc(F)c2)C1C. The van der Waals surface area contributed by atoms with Gasteiger partial charge in [-0.2, -0.15) is 0 Å². The number of hydrogen-bond acceptors (Lipinski definition) is 3. The number of hydrogen-bond donors (Lipinski definition) is 1. The van der Waals surface area contributed by atoms with Gasteiger partial charge in [-0.25, -0.2) is 13.6 Å². The molecule has 4 nitrogen and oxygen atoms in total. The number of amides is 1. The van der Waals surface area contributed by atoms with E-state index in [9.17, 15) is 18.4 Å². The number of esters is 1. The van der Waals surface area contributed by atoms with Crippen LogP contribution >= 0.6 is 0 Å². The van der Waals surface area contributed by atoms with E-state index in [0.29, 0.717) is 17.9 Å². The fourth-order valence-corrected chi connectivity index (χ4v) is 2.92. The van der Waals surface area contributed by atoms with Gasteiger partial charge in [-0.15, -0.1) is 0 Å². The van der Waals surface area contributed by atoms with Crippen LogP contribution in [0.5, 0.6) is 0 Å². The zero-order valence-electron chi connectivity index (χ0n) is 13.3. The van der Waals surface area contributed by atoms with E-state index >= 15 is 0 Å². The molecule has 1 N–H and O–H groups in total. The highest BCUT2D eigenvalue weighted by Gasteiger charge is 2.28. The monoisotopic (exact) mass is 325 g/mol. The van der Waals surface area contributed by atoms with E-state index < -0.39 is 30.1 Å². The van der Waals surface area contributed by atoms with Crippen molar-refractivity contribution in [3.8, 4) is 0 Å². The van der Waals surface area contributed by atoms with E-state index in [-0.39, 0.29) is 11.6 Å². The molecule has 3 atom stereocenters. The quantitative estimate of drug-likeness (QED) is 0.866. The lowest BCUT2D eigenvalue weighted by molar-refractivity contribution is -0.125. The van der Waals surface area contributed by atoms with E-state index in [1.54, 1.807) is 0 Å². The van der Waals surface area contributed by atoms with Crippen molar-refractivity contribution in [2.75, 3.05) is 6.61 Å². The van der Waals surface area contributed by atoms with Crippen molar-refractivity contribution >= 4 is 11.9 Å². The fourth-order valence-electron chi connectivity index (χ4n) is 2.92. The number of ether oxygens (including phenoxy) is 1. The summed E-state index contributed by atoms with van der Waals surface area (Å²) in [6.45, 7) is 3.78. The molecule has 6 heteroatoms. The van der Waals surface area contributed by atoms with E-state index in [2.05, 4.69) is 19.2 Å². The first-order valence-electron chi connectivity index (χ1n) is 7.79. The molecule has 0 heterocycles. The molecule has 0 spiro atoms. The maximum absolute atomic E-state index is 13.0. The summed E-state index contributed by atoms with van der Waals surface area (Å²) < 4.78 is 30.9. The number of benzene rings is 1. The van der Waals surface area contributed by atoms with Crippen LogP contribution in [0.25, 0.3) is 0 Å². The Morgan fingerprint density at radius 1 is 1.17 bits per heavy atom. The second-order valence-electron chi connectivity index (χ2n) is 6.18. The molecule has 1 aromatic carbocycles. The number of rotatable bonds is 4. The molecule has 0 radical (unpaired) electrons. The normalized spacial score (nSPS) is 24.1. The molecule has 1 fully saturated rings. The Bertz CT molecular complexity index is 571. The topological polar surface area (TPSA) is 55.4 Å². The molecule has 0 bridgehead atoms. The summed E-state index contributed by atoms with van der Waals surface area (Å²) in [5.74, 6) is -2.17. The van der Waals surface area contributed by atoms with Crippen LogP contribution in [0.3, 0.4) is 0 Å². The van der Waals surface area contributed by atoms with Crippen molar-refractivity contribution in [3.63, 3.8) is 0 Å². The zero-order chi connectivity index (χ0) is 17.0. The summed E-state index contributed by atoms with van der Waals surface area (Å²) in [6, 6.07) is 2.47. The van der Waals surface area contributed by atoms with Gasteiger partial charge in [0.1, 0.15) is 11.6 Å². The summed E-state index contributed by atoms with van der Waals surface area (Å²) in [6.07, 6.45) is 3.10. The van der Waals surface area contributed by atoms with E-state index in [0.717, 1.165) is 31.4 Å². The Kier molecular flexibility index (Phi) is 5.69. The highest BCUT2D eigenvalue weighted by molar-refractivity contribution is 5.91. The summed E-state index contributed by atoms with van der Waals surface area (Å²) in [5.41, 5.74) is -0.255. The summed E-state index contributed by atoms with van der Waals surface area (Å²) in [5, 5.41) is 2.86. The van der Waals surface area contributed by atoms with E-state index in [1.807, 2.05) is 0 Å². The molecule has 3 unspecified atom stereocenters. The van der Waals surface area contributed by atoms with Gasteiger partial charge in [0, 0.05) is 12.1 Å². The first-order valence-corrected chi connectivity index (χ1v) is 7.79. The van der Waals surface area contributed by atoms with Gasteiger partial charge >= 0.3 is 5.97 Å². The number of carbonyl (C=O) groups excluding carboxylic acids is 2. The van der Waals surface area contributed by atoms with Crippen LogP contribution in [0, 0.1) is 23.5 Å². The Labute approximate surface area is 134 Å². The number of nitrogens with one attached hydrogen (secondary N) is 1. The second kappa shape index (κ2) is 7.53. The van der Waals surface area contributed by atoms with Crippen molar-refractivity contribution in [3.05, 3.63) is 35.4 Å². The van der Waals surface area contributed by atoms with Gasteiger partial charge in [0.15, 0.2) is 6.61 Å². The third-order valence-corrected chi connectivity index (χ3v) is 4.49. The lowest BCUT2D eigenvalue weighted by Crippen LogP contribution is -2.45. The van der Waals surface area contributed by atoms with Gasteiger partial charge in [0.25, 0.3) is 5.91 Å². The molecular weight excluding hydrogens is 304 g/mol. The van der Waals surface area contributed by atoms with E-state index in [1.165, 1.54) is 0 Å². The van der Waals surface area contributed by atoms with Crippen molar-refractivity contribution < 1.29 is 23.1 Å². The predicted octanol–water partition coefficient (Wildman–Crippen LogP) is 3.06. The van der Waals surface area contributed by atoms with Crippen molar-refractivity contribution in [1.82, 2.24) is 5.32 Å². The minimum Gasteiger partial charge on any atom is -0.452 e. The molecule has 1 aromatic rings. The van der Waals surface area contributed by atoms with Crippen molar-refractivity contribution in [2.45, 2.75) is 39.2 Å². The van der Waals surface area contributed by atoms with Gasteiger partial charge in [-0.05, 0) is 30.4 Å². The molecule has 1 saturated carbocycles. The fraction of sp³-hybridized carbons (Fsp3) is 0.529. The van der Waals surface area contributed by atoms with E-state index in [4.69, 9.17) is 4.74 Å². The molecule has 0 aromatic heterocycles. The van der Waals surface area contributed by atoms with Gasteiger partial charge in [0.2, 0.25) is 0 Å². The first-order chi connectivity index (χ1) is 10.9. The van der Waals surface area contributed by atoms with Crippen LogP contribution in [-0.2, 0) is 9.53 Å². The molecular formula is C17H21F2NO3. The van der Waals surface area contributed by atoms with Crippen LogP contribution in [0.1, 0.15) is 43.5 Å². The minimum absolute atomic E-state index is 0.0663. The molecule has 1 aliphatic carbocycles. The molecule has 0 saturated heterocycles. The maximum Gasteiger partial charge on any atom is 0.338 e. The number of halogens is 2. The molecule has 1 aliphatic rings. The van der Waals surface area contributed by atoms with Crippen LogP contribution in [0.4, 0.5) is 8.78 Å². The summed E-state index contributed by atoms with van der Waals surface area (Å²) in [4.78, 5) is 23.6. The molecule has 23 heavy (non-hydrogen) atoms. The predicted molar refractivity (Wildman–Crippen MR) is 80.8 cm³/mol. The largest absolute Gasteiger partial charge is 0.452 e. The van der Waals surface area contributed by atoms with Gasteiger partial charge in [-0.3, -0.25) is 4.79 Å². The molecule has 1 amide bonds. The highest BCUT2D eigenvalue weighted by atomic mass is 19.1. The Balaban J connectivity index is 1.85. The van der Waals surface area contributed by atoms with Gasteiger partial charge in [-0.1, -0.05) is 26.7 Å². The smallest absolute Gasteiger partial charge is 0.338 e. The summed E-state index contributed by atoms with van der Waals surface area (Å²) in [7, 11) is 0. The lowest BCUT2D eigenvalue weighted by atomic mass is 9.78. The van der Waals surface area contributed by atoms with Gasteiger partial charge in [0.05, 0.1) is 5.56 Å². The lowest BCUT2D eigenvalue weighted by Gasteiger charge is -2.34. The summed E-state index contributed by atoms with van der Waals surface area (Å²) >= 11 is 0. The minimum atomic E-state index is -0.927. The average Bonchev–Trinajstić information content (AvgIpc) is 2.48. The number of carbonyl (C=O) groups is 2.